The second-order valence-corrected chi connectivity index (χ2v) is 5.48. The molecule has 1 heterocycles. The summed E-state index contributed by atoms with van der Waals surface area (Å²) in [6, 6.07) is 4.08. The van der Waals surface area contributed by atoms with Crippen molar-refractivity contribution < 1.29 is 0 Å². The van der Waals surface area contributed by atoms with Crippen LogP contribution in [0.25, 0.3) is 0 Å². The van der Waals surface area contributed by atoms with Gasteiger partial charge in [0.05, 0.1) is 9.33 Å². The summed E-state index contributed by atoms with van der Waals surface area (Å²) in [6.45, 7) is 5.71. The molecule has 1 atom stereocenters. The van der Waals surface area contributed by atoms with Gasteiger partial charge in [-0.1, -0.05) is 6.08 Å². The fraction of sp³-hybridized carbons (Fsp3) is 0.333. The van der Waals surface area contributed by atoms with Gasteiger partial charge in [-0.3, -0.25) is 0 Å². The largest absolute Gasteiger partial charge is 0.321 e. The molecule has 0 spiro atoms. The van der Waals surface area contributed by atoms with Gasteiger partial charge in [-0.15, -0.1) is 17.9 Å². The fourth-order valence-electron chi connectivity index (χ4n) is 1.02. The minimum Gasteiger partial charge on any atom is -0.321 e. The summed E-state index contributed by atoms with van der Waals surface area (Å²) in [5.41, 5.74) is 5.81. The summed E-state index contributed by atoms with van der Waals surface area (Å²) < 4.78 is 1.12. The van der Waals surface area contributed by atoms with Crippen molar-refractivity contribution >= 4 is 27.3 Å². The second-order valence-electron chi connectivity index (χ2n) is 3.01. The molecule has 0 saturated carbocycles. The molecule has 0 aliphatic heterocycles. The molecule has 1 rings (SSSR count). The molecule has 0 amide bonds. The van der Waals surface area contributed by atoms with E-state index in [9.17, 15) is 0 Å². The van der Waals surface area contributed by atoms with Gasteiger partial charge in [0.25, 0.3) is 0 Å². The molecule has 0 bridgehead atoms. The third kappa shape index (κ3) is 2.19. The summed E-state index contributed by atoms with van der Waals surface area (Å²) in [4.78, 5) is 1.19. The van der Waals surface area contributed by atoms with Crippen LogP contribution in [0.3, 0.4) is 0 Å². The van der Waals surface area contributed by atoms with E-state index in [2.05, 4.69) is 28.6 Å². The Morgan fingerprint density at radius 1 is 1.75 bits per heavy atom. The van der Waals surface area contributed by atoms with Crippen LogP contribution >= 0.6 is 27.3 Å². The lowest BCUT2D eigenvalue weighted by Crippen LogP contribution is -2.30. The Morgan fingerprint density at radius 3 is 2.83 bits per heavy atom. The van der Waals surface area contributed by atoms with Crippen LogP contribution < -0.4 is 5.73 Å². The highest BCUT2D eigenvalue weighted by Gasteiger charge is 2.20. The predicted octanol–water partition coefficient (Wildman–Crippen LogP) is 3.26. The lowest BCUT2D eigenvalue weighted by molar-refractivity contribution is 0.513. The van der Waals surface area contributed by atoms with Crippen molar-refractivity contribution in [2.75, 3.05) is 0 Å². The highest BCUT2D eigenvalue weighted by molar-refractivity contribution is 9.11. The topological polar surface area (TPSA) is 26.0 Å². The van der Waals surface area contributed by atoms with Crippen molar-refractivity contribution in [2.45, 2.75) is 18.9 Å². The van der Waals surface area contributed by atoms with Crippen LogP contribution in [0, 0.1) is 0 Å². The maximum atomic E-state index is 6.08. The van der Waals surface area contributed by atoms with Crippen LogP contribution in [0.2, 0.25) is 0 Å². The van der Waals surface area contributed by atoms with Gasteiger partial charge in [-0.25, -0.2) is 0 Å². The maximum Gasteiger partial charge on any atom is 0.0702 e. The van der Waals surface area contributed by atoms with Gasteiger partial charge >= 0.3 is 0 Å². The first kappa shape index (κ1) is 9.96. The molecule has 0 saturated heterocycles. The van der Waals surface area contributed by atoms with Crippen LogP contribution in [0.5, 0.6) is 0 Å². The number of nitrogens with two attached hydrogens (primary N) is 1. The van der Waals surface area contributed by atoms with E-state index in [0.29, 0.717) is 0 Å². The van der Waals surface area contributed by atoms with Crippen LogP contribution in [0.4, 0.5) is 0 Å². The van der Waals surface area contributed by atoms with Gasteiger partial charge < -0.3 is 5.73 Å². The fourth-order valence-corrected chi connectivity index (χ4v) is 2.48. The molecule has 12 heavy (non-hydrogen) atoms. The number of thiophene rings is 1. The Bertz CT molecular complexity index is 278. The quantitative estimate of drug-likeness (QED) is 0.814. The maximum absolute atomic E-state index is 6.08. The van der Waals surface area contributed by atoms with Crippen molar-refractivity contribution in [1.82, 2.24) is 0 Å². The van der Waals surface area contributed by atoms with Crippen molar-refractivity contribution in [3.8, 4) is 0 Å². The van der Waals surface area contributed by atoms with Crippen molar-refractivity contribution in [2.24, 2.45) is 5.73 Å². The Labute approximate surface area is 85.4 Å². The average Bonchev–Trinajstić information content (AvgIpc) is 2.36. The third-order valence-corrected chi connectivity index (χ3v) is 3.61. The van der Waals surface area contributed by atoms with E-state index in [4.69, 9.17) is 5.73 Å². The van der Waals surface area contributed by atoms with Crippen LogP contribution in [0.1, 0.15) is 18.2 Å². The Kier molecular flexibility index (Phi) is 3.09. The number of rotatable bonds is 3. The van der Waals surface area contributed by atoms with E-state index >= 15 is 0 Å². The summed E-state index contributed by atoms with van der Waals surface area (Å²) in [7, 11) is 0. The first-order valence-corrected chi connectivity index (χ1v) is 5.33. The lowest BCUT2D eigenvalue weighted by atomic mass is 9.98. The monoisotopic (exact) mass is 245 g/mol. The summed E-state index contributed by atoms with van der Waals surface area (Å²) in [6.07, 6.45) is 2.66. The molecule has 1 aromatic rings. The van der Waals surface area contributed by atoms with Gasteiger partial charge in [-0.05, 0) is 41.4 Å². The van der Waals surface area contributed by atoms with Crippen LogP contribution in [0.15, 0.2) is 28.6 Å². The van der Waals surface area contributed by atoms with Crippen molar-refractivity contribution in [1.29, 1.82) is 0 Å². The molecule has 1 nitrogen and oxygen atoms in total. The first-order chi connectivity index (χ1) is 5.56. The molecule has 1 aromatic heterocycles. The zero-order valence-corrected chi connectivity index (χ0v) is 9.41. The summed E-state index contributed by atoms with van der Waals surface area (Å²) in [5.74, 6) is 0. The van der Waals surface area contributed by atoms with Crippen LogP contribution in [-0.2, 0) is 5.54 Å². The molecule has 0 aliphatic carbocycles. The molecule has 0 unspecified atom stereocenters. The zero-order chi connectivity index (χ0) is 9.19. The molecule has 0 aliphatic rings. The molecule has 0 radical (unpaired) electrons. The Morgan fingerprint density at radius 2 is 2.42 bits per heavy atom. The molecular formula is C9H12BrNS. The average molecular weight is 246 g/mol. The molecule has 0 fully saturated rings. The van der Waals surface area contributed by atoms with Crippen molar-refractivity contribution in [3.63, 3.8) is 0 Å². The van der Waals surface area contributed by atoms with Gasteiger partial charge in [-0.2, -0.15) is 0 Å². The Hall–Kier alpha value is -0.120. The highest BCUT2D eigenvalue weighted by atomic mass is 79.9. The van der Waals surface area contributed by atoms with Gasteiger partial charge in [0.15, 0.2) is 0 Å². The minimum absolute atomic E-state index is 0.265. The third-order valence-electron chi connectivity index (χ3n) is 1.70. The number of hydrogen-bond acceptors (Lipinski definition) is 2. The number of hydrogen-bond donors (Lipinski definition) is 1. The standard InChI is InChI=1S/C9H12BrNS/c1-3-6-9(2,11)7-4-5-8(10)12-7/h3-5H,1,6,11H2,2H3/t9-/m0/s1. The normalized spacial score (nSPS) is 15.6. The van der Waals surface area contributed by atoms with Gasteiger partial charge in [0, 0.05) is 4.88 Å². The highest BCUT2D eigenvalue weighted by Crippen LogP contribution is 2.31. The van der Waals surface area contributed by atoms with E-state index in [1.54, 1.807) is 11.3 Å². The van der Waals surface area contributed by atoms with Crippen molar-refractivity contribution in [3.05, 3.63) is 33.5 Å². The van der Waals surface area contributed by atoms with E-state index < -0.39 is 0 Å². The molecule has 3 heteroatoms. The van der Waals surface area contributed by atoms with Gasteiger partial charge in [0.1, 0.15) is 0 Å². The SMILES string of the molecule is C=CC[C@](C)(N)c1ccc(Br)s1. The predicted molar refractivity (Wildman–Crippen MR) is 58.4 cm³/mol. The molecule has 0 aromatic carbocycles. The molecule has 66 valence electrons. The lowest BCUT2D eigenvalue weighted by Gasteiger charge is -2.20. The molecular weight excluding hydrogens is 234 g/mol. The van der Waals surface area contributed by atoms with E-state index in [1.807, 2.05) is 19.1 Å². The number of halogens is 1. The zero-order valence-electron chi connectivity index (χ0n) is 7.01. The first-order valence-electron chi connectivity index (χ1n) is 3.72. The minimum atomic E-state index is -0.265. The van der Waals surface area contributed by atoms with E-state index in [1.165, 1.54) is 4.88 Å². The van der Waals surface area contributed by atoms with E-state index in [-0.39, 0.29) is 5.54 Å². The Balaban J connectivity index is 2.88. The van der Waals surface area contributed by atoms with Gasteiger partial charge in [0.2, 0.25) is 0 Å². The van der Waals surface area contributed by atoms with E-state index in [0.717, 1.165) is 10.2 Å². The smallest absolute Gasteiger partial charge is 0.0702 e. The summed E-state index contributed by atoms with van der Waals surface area (Å²) >= 11 is 5.09. The van der Waals surface area contributed by atoms with Crippen LogP contribution in [-0.4, -0.2) is 0 Å². The molecule has 2 N–H and O–H groups in total. The second kappa shape index (κ2) is 3.73. The summed E-state index contributed by atoms with van der Waals surface area (Å²) in [5, 5.41) is 0.